The normalized spacial score (nSPS) is 20.2. The highest BCUT2D eigenvalue weighted by Gasteiger charge is 2.36. The highest BCUT2D eigenvalue weighted by molar-refractivity contribution is 8.13. The van der Waals surface area contributed by atoms with Gasteiger partial charge in [-0.25, -0.2) is 9.78 Å². The number of carbonyl (C=O) groups is 5. The molecule has 0 radical (unpaired) electrons. The van der Waals surface area contributed by atoms with Crippen molar-refractivity contribution in [3.63, 3.8) is 0 Å². The Kier molecular flexibility index (Phi) is 14.8. The van der Waals surface area contributed by atoms with E-state index in [0.29, 0.717) is 30.0 Å². The summed E-state index contributed by atoms with van der Waals surface area (Å²) in [6.07, 6.45) is 7.31. The number of unbranched alkanes of at least 4 members (excludes halogenated alkanes) is 5. The van der Waals surface area contributed by atoms with Crippen molar-refractivity contribution in [3.05, 3.63) is 16.1 Å². The number of cyclic esters (lactones) is 1. The van der Waals surface area contributed by atoms with E-state index >= 15 is 0 Å². The Morgan fingerprint density at radius 1 is 1.12 bits per heavy atom. The number of hydrogen-bond acceptors (Lipinski definition) is 9. The van der Waals surface area contributed by atoms with Crippen LogP contribution >= 0.6 is 23.1 Å². The van der Waals surface area contributed by atoms with E-state index in [9.17, 15) is 24.0 Å². The van der Waals surface area contributed by atoms with Crippen LogP contribution in [0.4, 0.5) is 0 Å². The molecular weight excluding hydrogens is 564 g/mol. The first-order valence-electron chi connectivity index (χ1n) is 14.6. The number of carbonyl (C=O) groups excluding carboxylic acids is 5. The van der Waals surface area contributed by atoms with E-state index in [4.69, 9.17) is 4.74 Å². The van der Waals surface area contributed by atoms with Crippen LogP contribution in [0.2, 0.25) is 0 Å². The van der Waals surface area contributed by atoms with Gasteiger partial charge in [0.25, 0.3) is 5.91 Å². The molecule has 1 aliphatic heterocycles. The number of aromatic nitrogens is 1. The molecule has 3 N–H and O–H groups in total. The van der Waals surface area contributed by atoms with Crippen LogP contribution in [0.1, 0.15) is 114 Å². The van der Waals surface area contributed by atoms with E-state index in [-0.39, 0.29) is 35.6 Å². The van der Waals surface area contributed by atoms with Crippen molar-refractivity contribution in [2.45, 2.75) is 123 Å². The average molecular weight is 611 g/mol. The van der Waals surface area contributed by atoms with Crippen LogP contribution in [0.25, 0.3) is 0 Å². The second kappa shape index (κ2) is 17.5. The Balaban J connectivity index is 2.03. The summed E-state index contributed by atoms with van der Waals surface area (Å²) in [4.78, 5) is 68.2. The van der Waals surface area contributed by atoms with Crippen LogP contribution in [0.3, 0.4) is 0 Å². The van der Waals surface area contributed by atoms with Gasteiger partial charge in [0, 0.05) is 17.6 Å². The Morgan fingerprint density at radius 3 is 2.56 bits per heavy atom. The first-order valence-corrected chi connectivity index (χ1v) is 16.5. The topological polar surface area (TPSA) is 144 Å². The van der Waals surface area contributed by atoms with E-state index in [1.54, 1.807) is 33.1 Å². The second-order valence-corrected chi connectivity index (χ2v) is 13.4. The van der Waals surface area contributed by atoms with E-state index < -0.39 is 35.5 Å². The van der Waals surface area contributed by atoms with Crippen molar-refractivity contribution in [1.82, 2.24) is 20.9 Å². The molecule has 0 unspecified atom stereocenters. The maximum absolute atomic E-state index is 13.2. The third kappa shape index (κ3) is 12.5. The van der Waals surface area contributed by atoms with Gasteiger partial charge in [-0.05, 0) is 45.4 Å². The van der Waals surface area contributed by atoms with Crippen molar-refractivity contribution in [2.75, 3.05) is 5.75 Å². The summed E-state index contributed by atoms with van der Waals surface area (Å²) in [7, 11) is 0. The summed E-state index contributed by atoms with van der Waals surface area (Å²) < 4.78 is 5.79. The van der Waals surface area contributed by atoms with Gasteiger partial charge in [-0.15, -0.1) is 11.3 Å². The first kappa shape index (κ1) is 34.7. The molecule has 2 rings (SSSR count). The molecule has 1 aromatic heterocycles. The molecule has 10 nitrogen and oxygen atoms in total. The molecule has 0 saturated heterocycles. The van der Waals surface area contributed by atoms with Gasteiger partial charge in [0.05, 0.1) is 13.0 Å². The number of rotatable bonds is 12. The number of hydrogen-bond donors (Lipinski definition) is 3. The van der Waals surface area contributed by atoms with Gasteiger partial charge in [0.2, 0.25) is 11.8 Å². The molecule has 0 aromatic carbocycles. The lowest BCUT2D eigenvalue weighted by atomic mass is 9.99. The number of nitrogens with one attached hydrogen (secondary N) is 3. The number of esters is 1. The molecule has 2 heterocycles. The Morgan fingerprint density at radius 2 is 1.85 bits per heavy atom. The number of ether oxygens (including phenoxy) is 1. The van der Waals surface area contributed by atoms with Crippen LogP contribution in [0.5, 0.6) is 0 Å². The third-order valence-corrected chi connectivity index (χ3v) is 8.65. The zero-order valence-corrected chi connectivity index (χ0v) is 26.6. The monoisotopic (exact) mass is 610 g/mol. The van der Waals surface area contributed by atoms with Crippen molar-refractivity contribution < 1.29 is 28.7 Å². The molecule has 1 aliphatic rings. The molecule has 2 bridgehead atoms. The van der Waals surface area contributed by atoms with Gasteiger partial charge in [-0.1, -0.05) is 58.2 Å². The minimum atomic E-state index is -1.32. The summed E-state index contributed by atoms with van der Waals surface area (Å²) in [5.74, 6) is -1.62. The summed E-state index contributed by atoms with van der Waals surface area (Å²) in [5.41, 5.74) is -1.17. The molecule has 41 heavy (non-hydrogen) atoms. The lowest BCUT2D eigenvalue weighted by molar-refractivity contribution is -0.156. The van der Waals surface area contributed by atoms with Gasteiger partial charge in [0.15, 0.2) is 5.12 Å². The highest BCUT2D eigenvalue weighted by Crippen LogP contribution is 2.19. The molecule has 2 atom stereocenters. The number of thiazole rings is 1. The van der Waals surface area contributed by atoms with Crippen LogP contribution < -0.4 is 16.0 Å². The van der Waals surface area contributed by atoms with Crippen molar-refractivity contribution in [2.24, 2.45) is 5.92 Å². The largest absolute Gasteiger partial charge is 0.460 e. The first-order chi connectivity index (χ1) is 19.4. The fourth-order valence-corrected chi connectivity index (χ4v) is 5.80. The minimum absolute atomic E-state index is 0.0431. The summed E-state index contributed by atoms with van der Waals surface area (Å²) in [6.45, 7) is 8.97. The average Bonchev–Trinajstić information content (AvgIpc) is 3.38. The number of fused-ring (bicyclic) bond motifs is 2. The SMILES string of the molecule is CCCCCCCC(=O)SCCCC[C@@H]1CC(=O)NCc2nc(cs2)C(=O)NC(C)(C)C(=O)N[C@@H](C(C)C)C(=O)O1. The molecular formula is C29H46N4O6S2. The number of thioether (sulfide) groups is 1. The van der Waals surface area contributed by atoms with Crippen molar-refractivity contribution in [3.8, 4) is 0 Å². The zero-order valence-electron chi connectivity index (χ0n) is 25.0. The predicted molar refractivity (Wildman–Crippen MR) is 161 cm³/mol. The van der Waals surface area contributed by atoms with Gasteiger partial charge >= 0.3 is 5.97 Å². The number of amides is 3. The molecule has 0 saturated carbocycles. The smallest absolute Gasteiger partial charge is 0.329 e. The van der Waals surface area contributed by atoms with Crippen LogP contribution in [-0.4, -0.2) is 57.2 Å². The molecule has 0 fully saturated rings. The Labute approximate surface area is 251 Å². The predicted octanol–water partition coefficient (Wildman–Crippen LogP) is 4.51. The minimum Gasteiger partial charge on any atom is -0.460 e. The van der Waals surface area contributed by atoms with E-state index in [0.717, 1.165) is 19.3 Å². The summed E-state index contributed by atoms with van der Waals surface area (Å²) >= 11 is 2.57. The highest BCUT2D eigenvalue weighted by atomic mass is 32.2. The quantitative estimate of drug-likeness (QED) is 0.232. The lowest BCUT2D eigenvalue weighted by Crippen LogP contribution is -2.59. The molecule has 230 valence electrons. The molecule has 12 heteroatoms. The second-order valence-electron chi connectivity index (χ2n) is 11.3. The van der Waals surface area contributed by atoms with E-state index in [1.165, 1.54) is 42.4 Å². The number of nitrogens with zero attached hydrogens (tertiary/aromatic N) is 1. The van der Waals surface area contributed by atoms with Gasteiger partial charge in [-0.3, -0.25) is 19.2 Å². The zero-order chi connectivity index (χ0) is 30.4. The lowest BCUT2D eigenvalue weighted by Gasteiger charge is -2.30. The summed E-state index contributed by atoms with van der Waals surface area (Å²) in [6, 6.07) is -0.964. The maximum Gasteiger partial charge on any atom is 0.329 e. The molecule has 3 amide bonds. The van der Waals surface area contributed by atoms with Crippen LogP contribution in [0, 0.1) is 5.92 Å². The van der Waals surface area contributed by atoms with Crippen molar-refractivity contribution in [1.29, 1.82) is 0 Å². The fourth-order valence-electron chi connectivity index (χ4n) is 4.22. The van der Waals surface area contributed by atoms with E-state index in [2.05, 4.69) is 27.9 Å². The third-order valence-electron chi connectivity index (χ3n) is 6.79. The molecule has 1 aromatic rings. The van der Waals surface area contributed by atoms with Gasteiger partial charge in [0.1, 0.15) is 28.4 Å². The van der Waals surface area contributed by atoms with Crippen LogP contribution in [0.15, 0.2) is 5.38 Å². The maximum atomic E-state index is 13.2. The van der Waals surface area contributed by atoms with Gasteiger partial charge < -0.3 is 20.7 Å². The standard InChI is InChI=1S/C29H46N4O6S2/c1-6-7-8-9-10-14-24(35)40-15-12-11-13-20-16-22(34)30-17-23-31-21(18-41-23)26(36)33-29(4,5)28(38)32-25(19(2)3)27(37)39-20/h18-20,25H,6-17H2,1-5H3,(H,30,34)(H,32,38)(H,33,36)/t20-,25+/m1/s1. The Bertz CT molecular complexity index is 1040. The summed E-state index contributed by atoms with van der Waals surface area (Å²) in [5, 5.41) is 10.5. The van der Waals surface area contributed by atoms with E-state index in [1.807, 2.05) is 0 Å². The van der Waals surface area contributed by atoms with Gasteiger partial charge in [-0.2, -0.15) is 0 Å². The molecule has 0 spiro atoms. The Hall–Kier alpha value is -2.47. The van der Waals surface area contributed by atoms with Crippen molar-refractivity contribution >= 4 is 51.9 Å². The fraction of sp³-hybridized carbons (Fsp3) is 0.724. The molecule has 0 aliphatic carbocycles. The van der Waals surface area contributed by atoms with Crippen LogP contribution in [-0.2, 0) is 30.5 Å².